The van der Waals surface area contributed by atoms with Gasteiger partial charge in [-0.25, -0.2) is 0 Å². The number of aromatic amines is 1. The van der Waals surface area contributed by atoms with Gasteiger partial charge in [0.05, 0.1) is 20.4 Å². The van der Waals surface area contributed by atoms with E-state index < -0.39 is 0 Å². The minimum atomic E-state index is -0.103. The summed E-state index contributed by atoms with van der Waals surface area (Å²) in [5, 5.41) is 6.96. The van der Waals surface area contributed by atoms with Gasteiger partial charge < -0.3 is 14.4 Å². The van der Waals surface area contributed by atoms with Crippen LogP contribution >= 0.6 is 0 Å². The summed E-state index contributed by atoms with van der Waals surface area (Å²) in [6.45, 7) is 1.18. The van der Waals surface area contributed by atoms with Crippen LogP contribution in [0.5, 0.6) is 11.8 Å². The average Bonchev–Trinajstić information content (AvgIpc) is 3.01. The summed E-state index contributed by atoms with van der Waals surface area (Å²) in [4.78, 5) is 18.6. The Labute approximate surface area is 121 Å². The summed E-state index contributed by atoms with van der Waals surface area (Å²) >= 11 is 0. The van der Waals surface area contributed by atoms with Crippen molar-refractivity contribution in [3.8, 4) is 11.8 Å². The zero-order chi connectivity index (χ0) is 14.8. The fraction of sp³-hybridized carbons (Fsp3) is 0.357. The molecule has 7 nitrogen and oxygen atoms in total. The third-order valence-electron chi connectivity index (χ3n) is 3.56. The van der Waals surface area contributed by atoms with Crippen molar-refractivity contribution in [2.45, 2.75) is 13.0 Å². The normalized spacial score (nSPS) is 13.7. The van der Waals surface area contributed by atoms with E-state index >= 15 is 0 Å². The van der Waals surface area contributed by atoms with E-state index in [0.717, 1.165) is 17.7 Å². The zero-order valence-corrected chi connectivity index (χ0v) is 11.9. The molecule has 110 valence electrons. The van der Waals surface area contributed by atoms with Crippen molar-refractivity contribution in [3.63, 3.8) is 0 Å². The molecule has 0 aliphatic carbocycles. The molecule has 0 bridgehead atoms. The third-order valence-corrected chi connectivity index (χ3v) is 3.56. The maximum atomic E-state index is 12.6. The van der Waals surface area contributed by atoms with Crippen molar-refractivity contribution in [2.24, 2.45) is 0 Å². The highest BCUT2D eigenvalue weighted by atomic mass is 16.5. The van der Waals surface area contributed by atoms with Gasteiger partial charge in [0.1, 0.15) is 5.56 Å². The first-order valence-corrected chi connectivity index (χ1v) is 6.62. The van der Waals surface area contributed by atoms with E-state index in [9.17, 15) is 4.79 Å². The largest absolute Gasteiger partial charge is 0.481 e. The van der Waals surface area contributed by atoms with Crippen molar-refractivity contribution >= 4 is 5.91 Å². The lowest BCUT2D eigenvalue weighted by Crippen LogP contribution is -2.36. The van der Waals surface area contributed by atoms with Crippen LogP contribution in [-0.4, -0.2) is 46.8 Å². The number of nitrogens with one attached hydrogen (secondary N) is 1. The number of fused-ring (bicyclic) bond motifs is 1. The molecule has 3 heterocycles. The second kappa shape index (κ2) is 5.43. The number of carbonyl (C=O) groups excluding carboxylic acids is 1. The van der Waals surface area contributed by atoms with Crippen LogP contribution < -0.4 is 9.47 Å². The van der Waals surface area contributed by atoms with E-state index in [1.165, 1.54) is 14.2 Å². The Morgan fingerprint density at radius 2 is 2.19 bits per heavy atom. The lowest BCUT2D eigenvalue weighted by Gasteiger charge is -2.27. The Balaban J connectivity index is 1.86. The van der Waals surface area contributed by atoms with Gasteiger partial charge in [-0.1, -0.05) is 0 Å². The van der Waals surface area contributed by atoms with Crippen molar-refractivity contribution in [1.82, 2.24) is 20.1 Å². The first-order chi connectivity index (χ1) is 10.2. The highest BCUT2D eigenvalue weighted by Gasteiger charge is 2.25. The number of nitrogens with zero attached hydrogens (tertiary/aromatic N) is 3. The van der Waals surface area contributed by atoms with Crippen LogP contribution in [0.1, 0.15) is 21.6 Å². The lowest BCUT2D eigenvalue weighted by molar-refractivity contribution is 0.0730. The molecule has 0 spiro atoms. The SMILES string of the molecule is COc1ccc(C(=O)N2CCc3[nH]ncc3C2)c(OC)n1. The Morgan fingerprint density at radius 3 is 2.95 bits per heavy atom. The monoisotopic (exact) mass is 288 g/mol. The van der Waals surface area contributed by atoms with Crippen LogP contribution in [0.4, 0.5) is 0 Å². The molecule has 1 aliphatic rings. The molecule has 0 unspecified atom stereocenters. The van der Waals surface area contributed by atoms with Crippen molar-refractivity contribution < 1.29 is 14.3 Å². The van der Waals surface area contributed by atoms with E-state index in [1.807, 2.05) is 0 Å². The number of hydrogen-bond donors (Lipinski definition) is 1. The van der Waals surface area contributed by atoms with Crippen LogP contribution in [0.25, 0.3) is 0 Å². The van der Waals surface area contributed by atoms with Gasteiger partial charge >= 0.3 is 0 Å². The molecule has 1 amide bonds. The van der Waals surface area contributed by atoms with Gasteiger partial charge in [-0.2, -0.15) is 10.1 Å². The van der Waals surface area contributed by atoms with Crippen LogP contribution in [0.3, 0.4) is 0 Å². The molecule has 7 heteroatoms. The van der Waals surface area contributed by atoms with Crippen LogP contribution in [0.2, 0.25) is 0 Å². The number of H-pyrrole nitrogens is 1. The summed E-state index contributed by atoms with van der Waals surface area (Å²) in [5.41, 5.74) is 2.58. The molecule has 0 fully saturated rings. The highest BCUT2D eigenvalue weighted by molar-refractivity contribution is 5.96. The van der Waals surface area contributed by atoms with Crippen LogP contribution in [-0.2, 0) is 13.0 Å². The average molecular weight is 288 g/mol. The van der Waals surface area contributed by atoms with Gasteiger partial charge in [-0.15, -0.1) is 0 Å². The predicted molar refractivity (Wildman–Crippen MR) is 74.4 cm³/mol. The molecule has 21 heavy (non-hydrogen) atoms. The molecular formula is C14H16N4O3. The van der Waals surface area contributed by atoms with E-state index in [4.69, 9.17) is 9.47 Å². The third kappa shape index (κ3) is 2.42. The fourth-order valence-electron chi connectivity index (χ4n) is 2.42. The molecule has 1 N–H and O–H groups in total. The van der Waals surface area contributed by atoms with E-state index in [-0.39, 0.29) is 11.8 Å². The Kier molecular flexibility index (Phi) is 3.47. The molecule has 0 atom stereocenters. The second-order valence-corrected chi connectivity index (χ2v) is 4.76. The zero-order valence-electron chi connectivity index (χ0n) is 11.9. The number of aromatic nitrogens is 3. The number of rotatable bonds is 3. The molecule has 0 aromatic carbocycles. The fourth-order valence-corrected chi connectivity index (χ4v) is 2.42. The minimum Gasteiger partial charge on any atom is -0.481 e. The molecule has 2 aromatic heterocycles. The van der Waals surface area contributed by atoms with Gasteiger partial charge in [-0.05, 0) is 6.07 Å². The van der Waals surface area contributed by atoms with Crippen LogP contribution in [0, 0.1) is 0 Å². The Bertz CT molecular complexity index is 668. The summed E-state index contributed by atoms with van der Waals surface area (Å²) in [7, 11) is 3.01. The summed E-state index contributed by atoms with van der Waals surface area (Å²) < 4.78 is 10.2. The van der Waals surface area contributed by atoms with Crippen LogP contribution in [0.15, 0.2) is 18.3 Å². The summed E-state index contributed by atoms with van der Waals surface area (Å²) in [6, 6.07) is 3.33. The lowest BCUT2D eigenvalue weighted by atomic mass is 10.1. The number of ether oxygens (including phenoxy) is 2. The quantitative estimate of drug-likeness (QED) is 0.912. The molecule has 0 saturated carbocycles. The van der Waals surface area contributed by atoms with Gasteiger partial charge in [0.2, 0.25) is 11.8 Å². The maximum absolute atomic E-state index is 12.6. The molecule has 2 aromatic rings. The van der Waals surface area contributed by atoms with Gasteiger partial charge in [-0.3, -0.25) is 9.89 Å². The van der Waals surface area contributed by atoms with Gasteiger partial charge in [0.15, 0.2) is 0 Å². The summed E-state index contributed by atoms with van der Waals surface area (Å²) in [6.07, 6.45) is 2.53. The number of pyridine rings is 1. The van der Waals surface area contributed by atoms with Gasteiger partial charge in [0.25, 0.3) is 5.91 Å². The summed E-state index contributed by atoms with van der Waals surface area (Å²) in [5.74, 6) is 0.588. The number of amides is 1. The Hall–Kier alpha value is -2.57. The van der Waals surface area contributed by atoms with Gasteiger partial charge in [0, 0.05) is 36.8 Å². The first kappa shape index (κ1) is 13.4. The number of carbonyl (C=O) groups is 1. The predicted octanol–water partition coefficient (Wildman–Crippen LogP) is 1.02. The maximum Gasteiger partial charge on any atom is 0.259 e. The standard InChI is InChI=1S/C14H16N4O3/c1-20-12-4-3-10(13(16-12)21-2)14(19)18-6-5-11-9(8-18)7-15-17-11/h3-4,7H,5-6,8H2,1-2H3,(H,15,17). The highest BCUT2D eigenvalue weighted by Crippen LogP contribution is 2.24. The Morgan fingerprint density at radius 1 is 1.33 bits per heavy atom. The molecule has 0 saturated heterocycles. The van der Waals surface area contributed by atoms with E-state index in [2.05, 4.69) is 15.2 Å². The minimum absolute atomic E-state index is 0.103. The van der Waals surface area contributed by atoms with Crippen molar-refractivity contribution in [1.29, 1.82) is 0 Å². The number of methoxy groups -OCH3 is 2. The van der Waals surface area contributed by atoms with E-state index in [1.54, 1.807) is 23.2 Å². The first-order valence-electron chi connectivity index (χ1n) is 6.62. The second-order valence-electron chi connectivity index (χ2n) is 4.76. The molecular weight excluding hydrogens is 272 g/mol. The van der Waals surface area contributed by atoms with Crippen molar-refractivity contribution in [3.05, 3.63) is 35.2 Å². The molecule has 3 rings (SSSR count). The molecule has 0 radical (unpaired) electrons. The smallest absolute Gasteiger partial charge is 0.259 e. The topological polar surface area (TPSA) is 80.3 Å². The number of hydrogen-bond acceptors (Lipinski definition) is 5. The molecule has 1 aliphatic heterocycles. The van der Waals surface area contributed by atoms with Crippen molar-refractivity contribution in [2.75, 3.05) is 20.8 Å². The van der Waals surface area contributed by atoms with E-state index in [0.29, 0.717) is 24.5 Å².